The first-order valence-electron chi connectivity index (χ1n) is 7.45. The fourth-order valence-corrected chi connectivity index (χ4v) is 5.13. The minimum Gasteiger partial charge on any atom is -0.383 e. The van der Waals surface area contributed by atoms with Crippen LogP contribution in [-0.4, -0.2) is 52.7 Å². The van der Waals surface area contributed by atoms with Gasteiger partial charge in [-0.25, -0.2) is 0 Å². The van der Waals surface area contributed by atoms with Gasteiger partial charge in [-0.15, -0.1) is 11.8 Å². The summed E-state index contributed by atoms with van der Waals surface area (Å²) in [5.74, 6) is 2.60. The molecule has 0 radical (unpaired) electrons. The number of hydrogen-bond acceptors (Lipinski definition) is 7. The number of hydrogen-bond donors (Lipinski definition) is 1. The Bertz CT molecular complexity index is 424. The highest BCUT2D eigenvalue weighted by molar-refractivity contribution is 8.07. The lowest BCUT2D eigenvalue weighted by Gasteiger charge is -2.29. The standard InChI is InChI=1S/C14H25N3O2S2/c1-5-15-11(7-18-4)6-13-16-14(17-19-13)12-8-20-9(2)10(3)21-12/h9-12,15H,5-8H2,1-4H3. The third kappa shape index (κ3) is 4.87. The zero-order chi connectivity index (χ0) is 15.2. The minimum atomic E-state index is 0.223. The summed E-state index contributed by atoms with van der Waals surface area (Å²) in [6.07, 6.45) is 0.713. The molecule has 0 bridgehead atoms. The van der Waals surface area contributed by atoms with Gasteiger partial charge >= 0.3 is 0 Å². The van der Waals surface area contributed by atoms with Gasteiger partial charge in [-0.3, -0.25) is 0 Å². The van der Waals surface area contributed by atoms with E-state index in [1.165, 1.54) is 0 Å². The van der Waals surface area contributed by atoms with E-state index in [4.69, 9.17) is 9.26 Å². The molecule has 0 spiro atoms. The normalized spacial score (nSPS) is 27.7. The van der Waals surface area contributed by atoms with E-state index in [0.29, 0.717) is 34.7 Å². The summed E-state index contributed by atoms with van der Waals surface area (Å²) < 4.78 is 10.6. The molecule has 2 heterocycles. The molecule has 4 atom stereocenters. The molecule has 4 unspecified atom stereocenters. The Labute approximate surface area is 135 Å². The molecule has 5 nitrogen and oxygen atoms in total. The second-order valence-electron chi connectivity index (χ2n) is 5.33. The van der Waals surface area contributed by atoms with E-state index in [1.54, 1.807) is 7.11 Å². The summed E-state index contributed by atoms with van der Waals surface area (Å²) in [5.41, 5.74) is 0. The molecule has 1 N–H and O–H groups in total. The van der Waals surface area contributed by atoms with Crippen molar-refractivity contribution in [1.29, 1.82) is 0 Å². The smallest absolute Gasteiger partial charge is 0.228 e. The first kappa shape index (κ1) is 17.1. The number of methoxy groups -OCH3 is 1. The molecule has 1 fully saturated rings. The van der Waals surface area contributed by atoms with E-state index >= 15 is 0 Å². The van der Waals surface area contributed by atoms with Gasteiger partial charge in [-0.2, -0.15) is 16.7 Å². The SMILES string of the molecule is CCNC(COC)Cc1nc(C2CSC(C)C(C)S2)no1. The summed E-state index contributed by atoms with van der Waals surface area (Å²) in [7, 11) is 1.71. The van der Waals surface area contributed by atoms with Gasteiger partial charge in [0.05, 0.1) is 11.9 Å². The van der Waals surface area contributed by atoms with Crippen molar-refractivity contribution in [3.8, 4) is 0 Å². The molecule has 0 amide bonds. The summed E-state index contributed by atoms with van der Waals surface area (Å²) in [5, 5.41) is 9.22. The number of nitrogens with one attached hydrogen (secondary N) is 1. The Morgan fingerprint density at radius 2 is 2.24 bits per heavy atom. The summed E-state index contributed by atoms with van der Waals surface area (Å²) in [6.45, 7) is 8.19. The van der Waals surface area contributed by atoms with Gasteiger partial charge in [-0.05, 0) is 6.54 Å². The van der Waals surface area contributed by atoms with Gasteiger partial charge in [0.15, 0.2) is 5.82 Å². The second kappa shape index (κ2) is 8.41. The van der Waals surface area contributed by atoms with Crippen LogP contribution in [0, 0.1) is 0 Å². The maximum Gasteiger partial charge on any atom is 0.228 e. The van der Waals surface area contributed by atoms with Crippen LogP contribution < -0.4 is 5.32 Å². The van der Waals surface area contributed by atoms with E-state index in [2.05, 4.69) is 36.2 Å². The van der Waals surface area contributed by atoms with E-state index in [1.807, 2.05) is 23.5 Å². The lowest BCUT2D eigenvalue weighted by Crippen LogP contribution is -2.35. The molecule has 2 rings (SSSR count). The van der Waals surface area contributed by atoms with Crippen LogP contribution in [0.2, 0.25) is 0 Å². The average molecular weight is 332 g/mol. The maximum atomic E-state index is 5.42. The van der Waals surface area contributed by atoms with Gasteiger partial charge in [0.2, 0.25) is 5.89 Å². The summed E-state index contributed by atoms with van der Waals surface area (Å²) in [4.78, 5) is 4.59. The fraction of sp³-hybridized carbons (Fsp3) is 0.857. The zero-order valence-corrected chi connectivity index (χ0v) is 14.8. The first-order chi connectivity index (χ1) is 10.1. The van der Waals surface area contributed by atoms with Crippen LogP contribution in [0.15, 0.2) is 4.52 Å². The van der Waals surface area contributed by atoms with Gasteiger partial charge in [0, 0.05) is 35.8 Å². The molecule has 0 aromatic carbocycles. The lowest BCUT2D eigenvalue weighted by molar-refractivity contribution is 0.162. The molecule has 21 heavy (non-hydrogen) atoms. The molecule has 120 valence electrons. The number of thioether (sulfide) groups is 2. The van der Waals surface area contributed by atoms with Crippen molar-refractivity contribution in [2.45, 2.75) is 49.0 Å². The Morgan fingerprint density at radius 1 is 1.43 bits per heavy atom. The molecule has 1 aromatic rings. The maximum absolute atomic E-state index is 5.42. The van der Waals surface area contributed by atoms with Crippen molar-refractivity contribution < 1.29 is 9.26 Å². The topological polar surface area (TPSA) is 60.2 Å². The van der Waals surface area contributed by atoms with Crippen molar-refractivity contribution in [2.75, 3.05) is 26.0 Å². The van der Waals surface area contributed by atoms with Crippen molar-refractivity contribution in [1.82, 2.24) is 15.5 Å². The fourth-order valence-electron chi connectivity index (χ4n) is 2.29. The molecular weight excluding hydrogens is 306 g/mol. The monoisotopic (exact) mass is 331 g/mol. The largest absolute Gasteiger partial charge is 0.383 e. The average Bonchev–Trinajstić information content (AvgIpc) is 2.91. The van der Waals surface area contributed by atoms with Crippen LogP contribution >= 0.6 is 23.5 Å². The van der Waals surface area contributed by atoms with Crippen LogP contribution in [0.1, 0.15) is 37.7 Å². The number of nitrogens with zero attached hydrogens (tertiary/aromatic N) is 2. The van der Waals surface area contributed by atoms with Crippen LogP contribution in [0.4, 0.5) is 0 Å². The van der Waals surface area contributed by atoms with Crippen molar-refractivity contribution in [3.63, 3.8) is 0 Å². The van der Waals surface area contributed by atoms with E-state index in [0.717, 1.165) is 18.1 Å². The first-order valence-corrected chi connectivity index (χ1v) is 9.45. The predicted octanol–water partition coefficient (Wildman–Crippen LogP) is 2.53. The Balaban J connectivity index is 1.94. The zero-order valence-electron chi connectivity index (χ0n) is 13.2. The Kier molecular flexibility index (Phi) is 6.85. The molecule has 1 aromatic heterocycles. The van der Waals surface area contributed by atoms with Crippen molar-refractivity contribution in [3.05, 3.63) is 11.7 Å². The van der Waals surface area contributed by atoms with Gasteiger partial charge < -0.3 is 14.6 Å². The van der Waals surface area contributed by atoms with Gasteiger partial charge in [0.1, 0.15) is 0 Å². The van der Waals surface area contributed by atoms with Crippen molar-refractivity contribution in [2.24, 2.45) is 0 Å². The summed E-state index contributed by atoms with van der Waals surface area (Å²) >= 11 is 3.95. The second-order valence-corrected chi connectivity index (χ2v) is 8.32. The highest BCUT2D eigenvalue weighted by Gasteiger charge is 2.30. The molecule has 1 saturated heterocycles. The van der Waals surface area contributed by atoms with Crippen molar-refractivity contribution >= 4 is 23.5 Å². The quantitative estimate of drug-likeness (QED) is 0.824. The highest BCUT2D eigenvalue weighted by Crippen LogP contribution is 2.43. The molecular formula is C14H25N3O2S2. The summed E-state index contributed by atoms with van der Waals surface area (Å²) in [6, 6.07) is 0.223. The lowest BCUT2D eigenvalue weighted by atomic mass is 10.2. The Hall–Kier alpha value is -0.240. The van der Waals surface area contributed by atoms with Gasteiger partial charge in [0.25, 0.3) is 0 Å². The van der Waals surface area contributed by atoms with Crippen LogP contribution in [-0.2, 0) is 11.2 Å². The predicted molar refractivity (Wildman–Crippen MR) is 89.1 cm³/mol. The highest BCUT2D eigenvalue weighted by atomic mass is 32.2. The molecule has 1 aliphatic heterocycles. The van der Waals surface area contributed by atoms with E-state index in [-0.39, 0.29) is 6.04 Å². The Morgan fingerprint density at radius 3 is 2.90 bits per heavy atom. The van der Waals surface area contributed by atoms with E-state index in [9.17, 15) is 0 Å². The molecule has 1 aliphatic rings. The van der Waals surface area contributed by atoms with E-state index < -0.39 is 0 Å². The van der Waals surface area contributed by atoms with Crippen LogP contribution in [0.25, 0.3) is 0 Å². The number of aromatic nitrogens is 2. The molecule has 0 aliphatic carbocycles. The van der Waals surface area contributed by atoms with Crippen LogP contribution in [0.3, 0.4) is 0 Å². The van der Waals surface area contributed by atoms with Crippen LogP contribution in [0.5, 0.6) is 0 Å². The minimum absolute atomic E-state index is 0.223. The van der Waals surface area contributed by atoms with Gasteiger partial charge in [-0.1, -0.05) is 25.9 Å². The number of rotatable bonds is 7. The third-order valence-corrected chi connectivity index (χ3v) is 6.99. The molecule has 7 heteroatoms. The number of ether oxygens (including phenoxy) is 1. The molecule has 0 saturated carbocycles. The number of likely N-dealkylation sites (N-methyl/N-ethyl adjacent to an activating group) is 1. The third-order valence-electron chi connectivity index (χ3n) is 3.60.